The van der Waals surface area contributed by atoms with E-state index in [-0.39, 0.29) is 11.7 Å². The Labute approximate surface area is 145 Å². The number of carbonyl (C=O) groups excluding carboxylic acids is 2. The average Bonchev–Trinajstić information content (AvgIpc) is 2.94. The SMILES string of the molecule is CC(C)(C)C(=O)c1ccc2nc(NC(=O)c3cccc(N)c3)[nH]c2c1. The molecule has 0 saturated carbocycles. The molecule has 4 N–H and O–H groups in total. The number of aromatic amines is 1. The van der Waals surface area contributed by atoms with Gasteiger partial charge in [-0.15, -0.1) is 0 Å². The van der Waals surface area contributed by atoms with Crippen LogP contribution in [-0.4, -0.2) is 21.7 Å². The second kappa shape index (κ2) is 6.05. The van der Waals surface area contributed by atoms with Crippen LogP contribution in [0.15, 0.2) is 42.5 Å². The van der Waals surface area contributed by atoms with E-state index in [1.54, 1.807) is 42.5 Å². The number of nitrogens with two attached hydrogens (primary N) is 1. The number of fused-ring (bicyclic) bond motifs is 1. The molecule has 0 unspecified atom stereocenters. The van der Waals surface area contributed by atoms with E-state index in [4.69, 9.17) is 5.73 Å². The maximum Gasteiger partial charge on any atom is 0.258 e. The van der Waals surface area contributed by atoms with Crippen LogP contribution < -0.4 is 11.1 Å². The predicted molar refractivity (Wildman–Crippen MR) is 98.7 cm³/mol. The van der Waals surface area contributed by atoms with Crippen molar-refractivity contribution in [1.82, 2.24) is 9.97 Å². The van der Waals surface area contributed by atoms with E-state index >= 15 is 0 Å². The van der Waals surface area contributed by atoms with E-state index in [0.717, 1.165) is 0 Å². The number of aromatic nitrogens is 2. The maximum absolute atomic E-state index is 12.4. The molecule has 6 nitrogen and oxygen atoms in total. The van der Waals surface area contributed by atoms with Crippen molar-refractivity contribution >= 4 is 34.4 Å². The first-order valence-corrected chi connectivity index (χ1v) is 7.95. The third-order valence-electron chi connectivity index (χ3n) is 3.81. The fraction of sp³-hybridized carbons (Fsp3) is 0.211. The third kappa shape index (κ3) is 3.52. The Balaban J connectivity index is 1.86. The van der Waals surface area contributed by atoms with Crippen LogP contribution in [0.2, 0.25) is 0 Å². The van der Waals surface area contributed by atoms with Crippen LogP contribution in [0.25, 0.3) is 11.0 Å². The van der Waals surface area contributed by atoms with Crippen molar-refractivity contribution < 1.29 is 9.59 Å². The summed E-state index contributed by atoms with van der Waals surface area (Å²) in [4.78, 5) is 32.0. The predicted octanol–water partition coefficient (Wildman–Crippen LogP) is 3.63. The van der Waals surface area contributed by atoms with Gasteiger partial charge in [0.1, 0.15) is 0 Å². The number of nitrogen functional groups attached to an aromatic ring is 1. The van der Waals surface area contributed by atoms with Gasteiger partial charge in [0, 0.05) is 22.2 Å². The van der Waals surface area contributed by atoms with Gasteiger partial charge in [0.25, 0.3) is 5.91 Å². The summed E-state index contributed by atoms with van der Waals surface area (Å²) in [5, 5.41) is 2.71. The Kier molecular flexibility index (Phi) is 4.04. The number of carbonyl (C=O) groups is 2. The van der Waals surface area contributed by atoms with Crippen LogP contribution >= 0.6 is 0 Å². The second-order valence-electron chi connectivity index (χ2n) is 6.98. The molecule has 6 heteroatoms. The number of imidazole rings is 1. The highest BCUT2D eigenvalue weighted by Gasteiger charge is 2.23. The number of Topliss-reactive ketones (excluding diaryl/α,β-unsaturated/α-hetero) is 1. The van der Waals surface area contributed by atoms with Crippen molar-refractivity contribution in [2.24, 2.45) is 5.41 Å². The van der Waals surface area contributed by atoms with E-state index in [2.05, 4.69) is 15.3 Å². The number of amides is 1. The van der Waals surface area contributed by atoms with Gasteiger partial charge in [0.05, 0.1) is 11.0 Å². The largest absolute Gasteiger partial charge is 0.399 e. The maximum atomic E-state index is 12.4. The molecule has 1 amide bonds. The Morgan fingerprint density at radius 3 is 2.52 bits per heavy atom. The van der Waals surface area contributed by atoms with Gasteiger partial charge in [-0.25, -0.2) is 4.98 Å². The Morgan fingerprint density at radius 1 is 1.08 bits per heavy atom. The first-order valence-electron chi connectivity index (χ1n) is 7.95. The second-order valence-corrected chi connectivity index (χ2v) is 6.98. The van der Waals surface area contributed by atoms with Crippen LogP contribution in [0.3, 0.4) is 0 Å². The highest BCUT2D eigenvalue weighted by atomic mass is 16.1. The van der Waals surface area contributed by atoms with E-state index < -0.39 is 5.41 Å². The first kappa shape index (κ1) is 16.7. The molecule has 0 atom stereocenters. The van der Waals surface area contributed by atoms with Gasteiger partial charge in [0.15, 0.2) is 5.78 Å². The molecule has 1 aromatic heterocycles. The molecule has 0 fully saturated rings. The molecule has 25 heavy (non-hydrogen) atoms. The summed E-state index contributed by atoms with van der Waals surface area (Å²) in [7, 11) is 0. The summed E-state index contributed by atoms with van der Waals surface area (Å²) in [6.07, 6.45) is 0. The average molecular weight is 336 g/mol. The summed E-state index contributed by atoms with van der Waals surface area (Å²) in [6, 6.07) is 12.0. The van der Waals surface area contributed by atoms with E-state index in [1.807, 2.05) is 20.8 Å². The molecule has 0 spiro atoms. The molecular weight excluding hydrogens is 316 g/mol. The van der Waals surface area contributed by atoms with Crippen LogP contribution in [0.4, 0.5) is 11.6 Å². The fourth-order valence-electron chi connectivity index (χ4n) is 2.50. The van der Waals surface area contributed by atoms with E-state index in [1.165, 1.54) is 0 Å². The summed E-state index contributed by atoms with van der Waals surface area (Å²) >= 11 is 0. The number of nitrogens with zero attached hydrogens (tertiary/aromatic N) is 1. The minimum absolute atomic E-state index is 0.0503. The summed E-state index contributed by atoms with van der Waals surface area (Å²) in [5.41, 5.74) is 8.18. The quantitative estimate of drug-likeness (QED) is 0.502. The van der Waals surface area contributed by atoms with Gasteiger partial charge in [-0.2, -0.15) is 0 Å². The van der Waals surface area contributed by atoms with Gasteiger partial charge in [-0.05, 0) is 36.4 Å². The zero-order valence-electron chi connectivity index (χ0n) is 14.4. The molecule has 2 aromatic carbocycles. The lowest BCUT2D eigenvalue weighted by Crippen LogP contribution is -2.19. The molecule has 128 valence electrons. The number of hydrogen-bond donors (Lipinski definition) is 3. The molecule has 0 radical (unpaired) electrons. The lowest BCUT2D eigenvalue weighted by atomic mass is 9.86. The topological polar surface area (TPSA) is 101 Å². The molecule has 3 aromatic rings. The van der Waals surface area contributed by atoms with Crippen molar-refractivity contribution in [1.29, 1.82) is 0 Å². The molecule has 0 aliphatic rings. The standard InChI is InChI=1S/C19H20N4O2/c1-19(2,3)16(24)11-7-8-14-15(10-11)22-18(21-14)23-17(25)12-5-4-6-13(20)9-12/h4-10H,20H2,1-3H3,(H2,21,22,23,25). The summed E-state index contributed by atoms with van der Waals surface area (Å²) < 4.78 is 0. The number of anilines is 2. The van der Waals surface area contributed by atoms with Gasteiger partial charge in [-0.3, -0.25) is 14.9 Å². The van der Waals surface area contributed by atoms with E-state index in [0.29, 0.717) is 33.8 Å². The van der Waals surface area contributed by atoms with Crippen molar-refractivity contribution in [3.8, 4) is 0 Å². The summed E-state index contributed by atoms with van der Waals surface area (Å²) in [5.74, 6) is 0.0643. The van der Waals surface area contributed by atoms with Crippen LogP contribution in [0.5, 0.6) is 0 Å². The molecule has 3 rings (SSSR count). The van der Waals surface area contributed by atoms with Crippen LogP contribution in [0, 0.1) is 5.41 Å². The van der Waals surface area contributed by atoms with Crippen molar-refractivity contribution in [2.75, 3.05) is 11.1 Å². The van der Waals surface area contributed by atoms with Gasteiger partial charge < -0.3 is 10.7 Å². The smallest absolute Gasteiger partial charge is 0.258 e. The Morgan fingerprint density at radius 2 is 1.84 bits per heavy atom. The zero-order chi connectivity index (χ0) is 18.2. The minimum atomic E-state index is -0.460. The van der Waals surface area contributed by atoms with Gasteiger partial charge in [0.2, 0.25) is 5.95 Å². The summed E-state index contributed by atoms with van der Waals surface area (Å²) in [6.45, 7) is 5.64. The monoisotopic (exact) mass is 336 g/mol. The van der Waals surface area contributed by atoms with Crippen LogP contribution in [-0.2, 0) is 0 Å². The molecule has 0 bridgehead atoms. The van der Waals surface area contributed by atoms with Crippen molar-refractivity contribution in [3.05, 3.63) is 53.6 Å². The molecule has 0 saturated heterocycles. The first-order chi connectivity index (χ1) is 11.7. The number of benzene rings is 2. The molecular formula is C19H20N4O2. The van der Waals surface area contributed by atoms with E-state index in [9.17, 15) is 9.59 Å². The molecule has 0 aliphatic heterocycles. The number of ketones is 1. The molecule has 1 heterocycles. The van der Waals surface area contributed by atoms with Crippen LogP contribution in [0.1, 0.15) is 41.5 Å². The van der Waals surface area contributed by atoms with Gasteiger partial charge in [-0.1, -0.05) is 26.8 Å². The third-order valence-corrected chi connectivity index (χ3v) is 3.81. The Hall–Kier alpha value is -3.15. The van der Waals surface area contributed by atoms with Crippen molar-refractivity contribution in [2.45, 2.75) is 20.8 Å². The lowest BCUT2D eigenvalue weighted by molar-refractivity contribution is 0.0858. The number of hydrogen-bond acceptors (Lipinski definition) is 4. The minimum Gasteiger partial charge on any atom is -0.399 e. The van der Waals surface area contributed by atoms with Crippen molar-refractivity contribution in [3.63, 3.8) is 0 Å². The highest BCUT2D eigenvalue weighted by Crippen LogP contribution is 2.24. The Bertz CT molecular complexity index is 967. The number of nitrogens with one attached hydrogen (secondary N) is 2. The fourth-order valence-corrected chi connectivity index (χ4v) is 2.50. The number of rotatable bonds is 3. The normalized spacial score (nSPS) is 11.5. The highest BCUT2D eigenvalue weighted by molar-refractivity contribution is 6.05. The lowest BCUT2D eigenvalue weighted by Gasteiger charge is -2.16. The molecule has 0 aliphatic carbocycles. The van der Waals surface area contributed by atoms with Gasteiger partial charge >= 0.3 is 0 Å². The number of H-pyrrole nitrogens is 1. The zero-order valence-corrected chi connectivity index (χ0v) is 14.4.